The summed E-state index contributed by atoms with van der Waals surface area (Å²) in [7, 11) is -3.98. The zero-order chi connectivity index (χ0) is 24.1. The van der Waals surface area contributed by atoms with E-state index in [1.54, 1.807) is 26.0 Å². The number of fused-ring (bicyclic) bond motifs is 1. The Morgan fingerprint density at radius 2 is 1.71 bits per heavy atom. The van der Waals surface area contributed by atoms with Crippen LogP contribution in [0.3, 0.4) is 0 Å². The molecule has 1 fully saturated rings. The molecule has 0 aromatic heterocycles. The number of benzene rings is 2. The monoisotopic (exact) mass is 489 g/mol. The molecule has 1 unspecified atom stereocenters. The lowest BCUT2D eigenvalue weighted by Crippen LogP contribution is -2.47. The van der Waals surface area contributed by atoms with Crippen molar-refractivity contribution in [3.8, 4) is 11.5 Å². The van der Waals surface area contributed by atoms with Gasteiger partial charge in [0.1, 0.15) is 6.04 Å². The molecule has 2 aromatic carbocycles. The molecule has 10 heteroatoms. The summed E-state index contributed by atoms with van der Waals surface area (Å²) in [4.78, 5) is 15.3. The summed E-state index contributed by atoms with van der Waals surface area (Å²) >= 11 is 0. The molecule has 1 amide bonds. The zero-order valence-electron chi connectivity index (χ0n) is 19.5. The number of nitrogens with zero attached hydrogens (tertiary/aromatic N) is 1. The molecule has 0 spiro atoms. The van der Waals surface area contributed by atoms with E-state index in [9.17, 15) is 13.2 Å². The topological polar surface area (TPSA) is 106 Å². The Morgan fingerprint density at radius 1 is 0.971 bits per heavy atom. The Bertz CT molecular complexity index is 1120. The van der Waals surface area contributed by atoms with E-state index in [-0.39, 0.29) is 10.8 Å². The maximum absolute atomic E-state index is 13.1. The van der Waals surface area contributed by atoms with Gasteiger partial charge in [0.15, 0.2) is 11.5 Å². The normalized spacial score (nSPS) is 17.2. The second-order valence-electron chi connectivity index (χ2n) is 8.64. The summed E-state index contributed by atoms with van der Waals surface area (Å²) in [6.07, 6.45) is 0.720. The van der Waals surface area contributed by atoms with Crippen LogP contribution in [0.5, 0.6) is 11.5 Å². The van der Waals surface area contributed by atoms with E-state index in [1.807, 2.05) is 18.2 Å². The third kappa shape index (κ3) is 5.81. The molecule has 2 aromatic rings. The van der Waals surface area contributed by atoms with Gasteiger partial charge in [0.05, 0.1) is 31.3 Å². The Morgan fingerprint density at radius 3 is 2.44 bits per heavy atom. The number of rotatable bonds is 7. The largest absolute Gasteiger partial charge is 0.490 e. The van der Waals surface area contributed by atoms with Gasteiger partial charge in [-0.05, 0) is 36.2 Å². The summed E-state index contributed by atoms with van der Waals surface area (Å²) < 4.78 is 45.4. The van der Waals surface area contributed by atoms with Gasteiger partial charge >= 0.3 is 0 Å². The van der Waals surface area contributed by atoms with Crippen LogP contribution in [0, 0.1) is 5.92 Å². The smallest absolute Gasteiger partial charge is 0.242 e. The van der Waals surface area contributed by atoms with Crippen molar-refractivity contribution in [2.75, 3.05) is 49.7 Å². The first-order valence-electron chi connectivity index (χ1n) is 11.5. The van der Waals surface area contributed by atoms with E-state index in [0.29, 0.717) is 43.6 Å². The summed E-state index contributed by atoms with van der Waals surface area (Å²) in [6.45, 7) is 7.43. The number of ether oxygens (including phenoxy) is 3. The number of carbonyl (C=O) groups excluding carboxylic acids is 1. The summed E-state index contributed by atoms with van der Waals surface area (Å²) in [5.41, 5.74) is 1.59. The van der Waals surface area contributed by atoms with Gasteiger partial charge in [0.2, 0.25) is 15.9 Å². The van der Waals surface area contributed by atoms with Gasteiger partial charge in [-0.1, -0.05) is 19.9 Å². The van der Waals surface area contributed by atoms with E-state index >= 15 is 0 Å². The maximum atomic E-state index is 13.1. The van der Waals surface area contributed by atoms with E-state index < -0.39 is 22.0 Å². The highest BCUT2D eigenvalue weighted by molar-refractivity contribution is 7.89. The average Bonchev–Trinajstić information content (AvgIpc) is 3.08. The SMILES string of the molecule is CC(C)C(NS(=O)(=O)c1ccc2c(c1)OCCCO2)C(=O)Nc1cccc(N2CCOCC2)c1. The van der Waals surface area contributed by atoms with Crippen molar-refractivity contribution < 1.29 is 27.4 Å². The minimum Gasteiger partial charge on any atom is -0.490 e. The fourth-order valence-electron chi connectivity index (χ4n) is 3.86. The van der Waals surface area contributed by atoms with Crippen molar-refractivity contribution in [2.24, 2.45) is 5.92 Å². The fourth-order valence-corrected chi connectivity index (χ4v) is 5.22. The Balaban J connectivity index is 1.49. The molecule has 0 aliphatic carbocycles. The zero-order valence-corrected chi connectivity index (χ0v) is 20.3. The first-order valence-corrected chi connectivity index (χ1v) is 13.0. The molecule has 2 N–H and O–H groups in total. The van der Waals surface area contributed by atoms with Crippen molar-refractivity contribution in [1.82, 2.24) is 4.72 Å². The van der Waals surface area contributed by atoms with Crippen molar-refractivity contribution in [3.05, 3.63) is 42.5 Å². The predicted molar refractivity (Wildman–Crippen MR) is 129 cm³/mol. The minimum atomic E-state index is -3.98. The number of amides is 1. The Kier molecular flexibility index (Phi) is 7.60. The van der Waals surface area contributed by atoms with Gasteiger partial charge in [-0.25, -0.2) is 8.42 Å². The van der Waals surface area contributed by atoms with Crippen LogP contribution in [0.4, 0.5) is 11.4 Å². The first-order chi connectivity index (χ1) is 16.3. The molecule has 2 aliphatic rings. The Hall–Kier alpha value is -2.82. The van der Waals surface area contributed by atoms with Crippen molar-refractivity contribution in [3.63, 3.8) is 0 Å². The number of morpholine rings is 1. The average molecular weight is 490 g/mol. The molecule has 184 valence electrons. The minimum absolute atomic E-state index is 0.0181. The van der Waals surface area contributed by atoms with Gasteiger partial charge in [0, 0.05) is 37.0 Å². The van der Waals surface area contributed by atoms with Crippen LogP contribution in [0.2, 0.25) is 0 Å². The predicted octanol–water partition coefficient (Wildman–Crippen LogP) is 2.63. The molecule has 0 bridgehead atoms. The van der Waals surface area contributed by atoms with Crippen LogP contribution in [0.25, 0.3) is 0 Å². The van der Waals surface area contributed by atoms with Gasteiger partial charge < -0.3 is 24.4 Å². The molecule has 34 heavy (non-hydrogen) atoms. The van der Waals surface area contributed by atoms with Gasteiger partial charge in [-0.15, -0.1) is 0 Å². The summed E-state index contributed by atoms with van der Waals surface area (Å²) in [6, 6.07) is 11.0. The number of hydrogen-bond acceptors (Lipinski definition) is 7. The van der Waals surface area contributed by atoms with Gasteiger partial charge in [0.25, 0.3) is 0 Å². The third-order valence-electron chi connectivity index (χ3n) is 5.75. The van der Waals surface area contributed by atoms with Crippen LogP contribution >= 0.6 is 0 Å². The van der Waals surface area contributed by atoms with Crippen LogP contribution < -0.4 is 24.4 Å². The number of carbonyl (C=O) groups is 1. The number of nitrogens with one attached hydrogen (secondary N) is 2. The second kappa shape index (κ2) is 10.6. The molecule has 2 aliphatic heterocycles. The van der Waals surface area contributed by atoms with Gasteiger partial charge in [-0.3, -0.25) is 4.79 Å². The quantitative estimate of drug-likeness (QED) is 0.616. The van der Waals surface area contributed by atoms with Crippen molar-refractivity contribution >= 4 is 27.3 Å². The number of sulfonamides is 1. The lowest BCUT2D eigenvalue weighted by atomic mass is 10.0. The fraction of sp³-hybridized carbons (Fsp3) is 0.458. The van der Waals surface area contributed by atoms with Crippen molar-refractivity contribution in [2.45, 2.75) is 31.2 Å². The molecule has 0 radical (unpaired) electrons. The van der Waals surface area contributed by atoms with Crippen LogP contribution in [0.15, 0.2) is 47.4 Å². The standard InChI is InChI=1S/C24H31N3O6S/c1-17(2)23(24(28)25-18-5-3-6-19(15-18)27-9-13-31-14-10-27)26-34(29,30)20-7-8-21-22(16-20)33-12-4-11-32-21/h3,5-8,15-17,23,26H,4,9-14H2,1-2H3,(H,25,28). The van der Waals surface area contributed by atoms with E-state index in [1.165, 1.54) is 12.1 Å². The highest BCUT2D eigenvalue weighted by Crippen LogP contribution is 2.32. The first kappa shape index (κ1) is 24.3. The highest BCUT2D eigenvalue weighted by Gasteiger charge is 2.29. The highest BCUT2D eigenvalue weighted by atomic mass is 32.2. The third-order valence-corrected chi connectivity index (χ3v) is 7.19. The van der Waals surface area contributed by atoms with E-state index in [4.69, 9.17) is 14.2 Å². The van der Waals surface area contributed by atoms with Crippen molar-refractivity contribution in [1.29, 1.82) is 0 Å². The van der Waals surface area contributed by atoms with Gasteiger partial charge in [-0.2, -0.15) is 4.72 Å². The van der Waals surface area contributed by atoms with Crippen LogP contribution in [0.1, 0.15) is 20.3 Å². The Labute approximate surface area is 200 Å². The van der Waals surface area contributed by atoms with E-state index in [2.05, 4.69) is 14.9 Å². The lowest BCUT2D eigenvalue weighted by Gasteiger charge is -2.29. The molecule has 1 atom stereocenters. The lowest BCUT2D eigenvalue weighted by molar-refractivity contribution is -0.118. The number of hydrogen-bond donors (Lipinski definition) is 2. The maximum Gasteiger partial charge on any atom is 0.242 e. The summed E-state index contributed by atoms with van der Waals surface area (Å²) in [5, 5.41) is 2.87. The summed E-state index contributed by atoms with van der Waals surface area (Å²) in [5.74, 6) is 0.185. The molecule has 1 saturated heterocycles. The molecule has 4 rings (SSSR count). The molecular weight excluding hydrogens is 458 g/mol. The molecule has 0 saturated carbocycles. The molecule has 9 nitrogen and oxygen atoms in total. The second-order valence-corrected chi connectivity index (χ2v) is 10.4. The van der Waals surface area contributed by atoms with E-state index in [0.717, 1.165) is 25.2 Å². The van der Waals surface area contributed by atoms with Crippen LogP contribution in [-0.4, -0.2) is 59.9 Å². The molecule has 2 heterocycles. The molecular formula is C24H31N3O6S. The van der Waals surface area contributed by atoms with Crippen LogP contribution in [-0.2, 0) is 19.6 Å². The number of anilines is 2.